The minimum Gasteiger partial charge on any atom is -0.507 e. The highest BCUT2D eigenvalue weighted by Crippen LogP contribution is 2.42. The first-order chi connectivity index (χ1) is 14.4. The Bertz CT molecular complexity index is 1150. The second-order valence-corrected chi connectivity index (χ2v) is 8.32. The number of phenols is 1. The Morgan fingerprint density at radius 1 is 0.933 bits per heavy atom. The molecule has 30 heavy (non-hydrogen) atoms. The SMILES string of the molecule is O=S(=O)(O)c1ccc2c(OCCOCCOCC3CO3)c3ccccc3c(O)c2c1. The van der Waals surface area contributed by atoms with Gasteiger partial charge in [0, 0.05) is 21.5 Å². The van der Waals surface area contributed by atoms with Gasteiger partial charge in [0.05, 0.1) is 37.9 Å². The van der Waals surface area contributed by atoms with Gasteiger partial charge < -0.3 is 24.1 Å². The molecule has 9 heteroatoms. The van der Waals surface area contributed by atoms with E-state index in [1.54, 1.807) is 12.1 Å². The molecule has 1 aliphatic heterocycles. The van der Waals surface area contributed by atoms with E-state index < -0.39 is 10.1 Å². The largest absolute Gasteiger partial charge is 0.507 e. The molecule has 1 atom stereocenters. The minimum absolute atomic E-state index is 0.0773. The van der Waals surface area contributed by atoms with Crippen LogP contribution in [0.25, 0.3) is 21.5 Å². The third-order valence-corrected chi connectivity index (χ3v) is 5.62. The Morgan fingerprint density at radius 2 is 1.60 bits per heavy atom. The summed E-state index contributed by atoms with van der Waals surface area (Å²) in [6.45, 7) is 2.85. The third kappa shape index (κ3) is 4.66. The van der Waals surface area contributed by atoms with Gasteiger partial charge in [-0.05, 0) is 18.2 Å². The molecular weight excluding hydrogens is 412 g/mol. The summed E-state index contributed by atoms with van der Waals surface area (Å²) >= 11 is 0. The molecule has 2 N–H and O–H groups in total. The van der Waals surface area contributed by atoms with Crippen molar-refractivity contribution in [3.8, 4) is 11.5 Å². The van der Waals surface area contributed by atoms with E-state index in [0.29, 0.717) is 48.3 Å². The first-order valence-electron chi connectivity index (χ1n) is 9.50. The van der Waals surface area contributed by atoms with Gasteiger partial charge in [-0.15, -0.1) is 0 Å². The summed E-state index contributed by atoms with van der Waals surface area (Å²) in [5, 5.41) is 12.7. The number of benzene rings is 3. The second kappa shape index (κ2) is 8.75. The van der Waals surface area contributed by atoms with Crippen LogP contribution in [0.15, 0.2) is 47.4 Å². The van der Waals surface area contributed by atoms with Crippen molar-refractivity contribution in [2.24, 2.45) is 0 Å². The van der Waals surface area contributed by atoms with Crippen LogP contribution in [0.2, 0.25) is 0 Å². The molecule has 1 saturated heterocycles. The lowest BCUT2D eigenvalue weighted by Gasteiger charge is -2.15. The van der Waals surface area contributed by atoms with Crippen LogP contribution in [0, 0.1) is 0 Å². The summed E-state index contributed by atoms with van der Waals surface area (Å²) in [5.74, 6) is 0.428. The molecule has 3 aromatic rings. The molecule has 0 saturated carbocycles. The van der Waals surface area contributed by atoms with Crippen LogP contribution in [0.4, 0.5) is 0 Å². The Morgan fingerprint density at radius 3 is 2.33 bits per heavy atom. The van der Waals surface area contributed by atoms with Gasteiger partial charge in [-0.2, -0.15) is 8.42 Å². The zero-order valence-corrected chi connectivity index (χ0v) is 16.9. The van der Waals surface area contributed by atoms with E-state index in [1.807, 2.05) is 12.1 Å². The van der Waals surface area contributed by atoms with E-state index in [1.165, 1.54) is 18.2 Å². The first-order valence-corrected chi connectivity index (χ1v) is 10.9. The molecule has 8 nitrogen and oxygen atoms in total. The van der Waals surface area contributed by atoms with E-state index in [-0.39, 0.29) is 28.7 Å². The summed E-state index contributed by atoms with van der Waals surface area (Å²) in [6, 6.07) is 11.1. The first kappa shape index (κ1) is 20.8. The molecule has 0 aliphatic carbocycles. The number of fused-ring (bicyclic) bond motifs is 2. The maximum atomic E-state index is 11.5. The Balaban J connectivity index is 1.52. The van der Waals surface area contributed by atoms with E-state index >= 15 is 0 Å². The number of rotatable bonds is 10. The molecule has 1 fully saturated rings. The monoisotopic (exact) mass is 434 g/mol. The minimum atomic E-state index is -4.40. The predicted octanol–water partition coefficient (Wildman–Crippen LogP) is 2.76. The van der Waals surface area contributed by atoms with Gasteiger partial charge in [0.2, 0.25) is 0 Å². The number of ether oxygens (including phenoxy) is 4. The van der Waals surface area contributed by atoms with Crippen molar-refractivity contribution in [1.82, 2.24) is 0 Å². The van der Waals surface area contributed by atoms with Crippen LogP contribution in [0.1, 0.15) is 0 Å². The van der Waals surface area contributed by atoms with Crippen molar-refractivity contribution >= 4 is 31.7 Å². The van der Waals surface area contributed by atoms with E-state index in [0.717, 1.165) is 6.61 Å². The van der Waals surface area contributed by atoms with Crippen molar-refractivity contribution in [3.63, 3.8) is 0 Å². The van der Waals surface area contributed by atoms with Gasteiger partial charge >= 0.3 is 0 Å². The summed E-state index contributed by atoms with van der Waals surface area (Å²) in [6.07, 6.45) is 0.228. The number of hydrogen-bond donors (Lipinski definition) is 2. The van der Waals surface area contributed by atoms with E-state index in [4.69, 9.17) is 18.9 Å². The predicted molar refractivity (Wildman–Crippen MR) is 110 cm³/mol. The molecule has 160 valence electrons. The molecule has 0 aromatic heterocycles. The van der Waals surface area contributed by atoms with Gasteiger partial charge in [-0.3, -0.25) is 4.55 Å². The van der Waals surface area contributed by atoms with E-state index in [9.17, 15) is 18.1 Å². The van der Waals surface area contributed by atoms with Crippen molar-refractivity contribution < 1.29 is 37.0 Å². The Labute approximate surface area is 173 Å². The fourth-order valence-electron chi connectivity index (χ4n) is 3.21. The lowest BCUT2D eigenvalue weighted by molar-refractivity contribution is 0.0320. The standard InChI is InChI=1S/C21H22O8S/c22-20-16-3-1-2-4-17(16)21(18-6-5-15(11-19(18)20)30(23,24)25)28-10-9-26-7-8-27-12-14-13-29-14/h1-6,11,14,22H,7-10,12-13H2,(H,23,24,25). The molecule has 1 unspecified atom stereocenters. The van der Waals surface area contributed by atoms with Crippen molar-refractivity contribution in [2.45, 2.75) is 11.0 Å². The van der Waals surface area contributed by atoms with Crippen LogP contribution < -0.4 is 4.74 Å². The summed E-state index contributed by atoms with van der Waals surface area (Å²) in [7, 11) is -4.40. The quantitative estimate of drug-likeness (QED) is 0.217. The van der Waals surface area contributed by atoms with Gasteiger partial charge in [-0.1, -0.05) is 24.3 Å². The Kier molecular flexibility index (Phi) is 6.07. The fraction of sp³-hybridized carbons (Fsp3) is 0.333. The van der Waals surface area contributed by atoms with Gasteiger partial charge in [-0.25, -0.2) is 0 Å². The zero-order valence-electron chi connectivity index (χ0n) is 16.1. The number of hydrogen-bond acceptors (Lipinski definition) is 7. The third-order valence-electron chi connectivity index (χ3n) is 4.77. The molecular formula is C21H22O8S. The Hall–Kier alpha value is -2.43. The van der Waals surface area contributed by atoms with Gasteiger partial charge in [0.25, 0.3) is 10.1 Å². The molecule has 0 amide bonds. The van der Waals surface area contributed by atoms with Crippen LogP contribution in [0.5, 0.6) is 11.5 Å². The smallest absolute Gasteiger partial charge is 0.294 e. The lowest BCUT2D eigenvalue weighted by atomic mass is 10.0. The van der Waals surface area contributed by atoms with Crippen LogP contribution in [0.3, 0.4) is 0 Å². The van der Waals surface area contributed by atoms with Gasteiger partial charge in [0.15, 0.2) is 0 Å². The maximum absolute atomic E-state index is 11.5. The highest BCUT2D eigenvalue weighted by molar-refractivity contribution is 7.85. The number of aromatic hydroxyl groups is 1. The van der Waals surface area contributed by atoms with Crippen LogP contribution in [-0.4, -0.2) is 63.8 Å². The normalized spacial score (nSPS) is 16.2. The van der Waals surface area contributed by atoms with Gasteiger partial charge in [0.1, 0.15) is 24.2 Å². The fourth-order valence-corrected chi connectivity index (χ4v) is 3.72. The number of epoxide rings is 1. The highest BCUT2D eigenvalue weighted by atomic mass is 32.2. The van der Waals surface area contributed by atoms with Crippen molar-refractivity contribution in [3.05, 3.63) is 42.5 Å². The molecule has 4 rings (SSSR count). The average molecular weight is 434 g/mol. The lowest BCUT2D eigenvalue weighted by Crippen LogP contribution is -2.12. The molecule has 3 aromatic carbocycles. The molecule has 1 aliphatic rings. The zero-order chi connectivity index (χ0) is 21.1. The van der Waals surface area contributed by atoms with Crippen LogP contribution >= 0.6 is 0 Å². The summed E-state index contributed by atoms with van der Waals surface area (Å²) in [4.78, 5) is -0.300. The number of phenolic OH excluding ortho intramolecular Hbond substituents is 1. The average Bonchev–Trinajstić information content (AvgIpc) is 3.55. The molecule has 0 radical (unpaired) electrons. The molecule has 1 heterocycles. The highest BCUT2D eigenvalue weighted by Gasteiger charge is 2.22. The van der Waals surface area contributed by atoms with Crippen LogP contribution in [-0.2, 0) is 24.3 Å². The van der Waals surface area contributed by atoms with Crippen molar-refractivity contribution in [2.75, 3.05) is 39.6 Å². The maximum Gasteiger partial charge on any atom is 0.294 e. The second-order valence-electron chi connectivity index (χ2n) is 6.90. The van der Waals surface area contributed by atoms with Crippen molar-refractivity contribution in [1.29, 1.82) is 0 Å². The summed E-state index contributed by atoms with van der Waals surface area (Å²) in [5.41, 5.74) is 0. The summed E-state index contributed by atoms with van der Waals surface area (Å²) < 4.78 is 54.3. The molecule has 0 bridgehead atoms. The molecule has 0 spiro atoms. The van der Waals surface area contributed by atoms with E-state index in [2.05, 4.69) is 0 Å². The topological polar surface area (TPSA) is 115 Å².